The van der Waals surface area contributed by atoms with Gasteiger partial charge in [0, 0.05) is 0 Å². The third-order valence-corrected chi connectivity index (χ3v) is 2.36. The predicted octanol–water partition coefficient (Wildman–Crippen LogP) is 2.51. The number of hydrogen-bond donors (Lipinski definition) is 1. The van der Waals surface area contributed by atoms with Crippen molar-refractivity contribution in [2.24, 2.45) is 0 Å². The van der Waals surface area contributed by atoms with Crippen molar-refractivity contribution in [3.05, 3.63) is 47.5 Å². The molecule has 0 aromatic heterocycles. The molecule has 1 N–H and O–H groups in total. The summed E-state index contributed by atoms with van der Waals surface area (Å²) in [7, 11) is 0. The van der Waals surface area contributed by atoms with E-state index in [2.05, 4.69) is 6.58 Å². The summed E-state index contributed by atoms with van der Waals surface area (Å²) < 4.78 is 5.09. The van der Waals surface area contributed by atoms with Crippen LogP contribution in [0.3, 0.4) is 0 Å². The van der Waals surface area contributed by atoms with Crippen molar-refractivity contribution in [3.63, 3.8) is 0 Å². The van der Waals surface area contributed by atoms with Gasteiger partial charge in [0.2, 0.25) is 0 Å². The number of carboxylic acids is 1. The van der Waals surface area contributed by atoms with Crippen molar-refractivity contribution >= 4 is 11.9 Å². The van der Waals surface area contributed by atoms with Crippen molar-refractivity contribution < 1.29 is 19.4 Å². The molecule has 0 aliphatic carbocycles. The Morgan fingerprint density at radius 1 is 1.29 bits per heavy atom. The number of carbonyl (C=O) groups excluding carboxylic acids is 1. The number of esters is 1. The van der Waals surface area contributed by atoms with Crippen LogP contribution in [0, 0.1) is 0 Å². The van der Waals surface area contributed by atoms with Crippen LogP contribution in [0.1, 0.15) is 34.6 Å². The first-order chi connectivity index (χ1) is 7.93. The summed E-state index contributed by atoms with van der Waals surface area (Å²) in [4.78, 5) is 22.7. The monoisotopic (exact) mass is 234 g/mol. The van der Waals surface area contributed by atoms with E-state index in [0.717, 1.165) is 0 Å². The van der Waals surface area contributed by atoms with Crippen LogP contribution in [0.25, 0.3) is 0 Å². The van der Waals surface area contributed by atoms with Crippen LogP contribution in [0.4, 0.5) is 0 Å². The summed E-state index contributed by atoms with van der Waals surface area (Å²) in [5.74, 6) is -1.81. The van der Waals surface area contributed by atoms with Gasteiger partial charge >= 0.3 is 11.9 Å². The third-order valence-electron chi connectivity index (χ3n) is 2.36. The van der Waals surface area contributed by atoms with Gasteiger partial charge in [0.15, 0.2) is 0 Å². The second kappa shape index (κ2) is 5.30. The molecule has 1 aromatic carbocycles. The minimum atomic E-state index is -1.15. The molecule has 0 aliphatic rings. The molecule has 0 radical (unpaired) electrons. The Morgan fingerprint density at radius 2 is 1.82 bits per heavy atom. The molecule has 0 saturated heterocycles. The van der Waals surface area contributed by atoms with Crippen molar-refractivity contribution in [2.75, 3.05) is 0 Å². The van der Waals surface area contributed by atoms with Gasteiger partial charge in [-0.05, 0) is 31.6 Å². The van der Waals surface area contributed by atoms with Crippen molar-refractivity contribution in [1.29, 1.82) is 0 Å². The molecule has 0 heterocycles. The van der Waals surface area contributed by atoms with E-state index in [-0.39, 0.29) is 11.1 Å². The molecule has 1 unspecified atom stereocenters. The molecular weight excluding hydrogens is 220 g/mol. The van der Waals surface area contributed by atoms with Crippen molar-refractivity contribution in [1.82, 2.24) is 0 Å². The van der Waals surface area contributed by atoms with E-state index >= 15 is 0 Å². The number of ether oxygens (including phenoxy) is 1. The molecule has 0 spiro atoms. The standard InChI is InChI=1S/C13H14O4/c1-8(2)9(3)17-13(16)11-7-5-4-6-10(11)12(14)15/h4-7,9H,1H2,2-3H3,(H,14,15). The van der Waals surface area contributed by atoms with E-state index < -0.39 is 18.0 Å². The van der Waals surface area contributed by atoms with Crippen LogP contribution < -0.4 is 0 Å². The largest absolute Gasteiger partial charge is 0.478 e. The zero-order valence-corrected chi connectivity index (χ0v) is 9.77. The fraction of sp³-hybridized carbons (Fsp3) is 0.231. The van der Waals surface area contributed by atoms with Crippen molar-refractivity contribution in [3.8, 4) is 0 Å². The average molecular weight is 234 g/mol. The second-order valence-corrected chi connectivity index (χ2v) is 3.74. The van der Waals surface area contributed by atoms with Crippen LogP contribution in [0.15, 0.2) is 36.4 Å². The van der Waals surface area contributed by atoms with Crippen molar-refractivity contribution in [2.45, 2.75) is 20.0 Å². The SMILES string of the molecule is C=C(C)C(C)OC(=O)c1ccccc1C(=O)O. The fourth-order valence-electron chi connectivity index (χ4n) is 1.17. The lowest BCUT2D eigenvalue weighted by atomic mass is 10.1. The maximum absolute atomic E-state index is 11.8. The summed E-state index contributed by atoms with van der Waals surface area (Å²) in [6.45, 7) is 7.09. The molecule has 17 heavy (non-hydrogen) atoms. The molecule has 0 fully saturated rings. The maximum Gasteiger partial charge on any atom is 0.339 e. The molecule has 4 nitrogen and oxygen atoms in total. The van der Waals surface area contributed by atoms with Crippen LogP contribution in [-0.4, -0.2) is 23.1 Å². The molecule has 1 rings (SSSR count). The number of carboxylic acid groups (broad SMARTS) is 1. The lowest BCUT2D eigenvalue weighted by molar-refractivity contribution is 0.0399. The van der Waals surface area contributed by atoms with E-state index in [1.165, 1.54) is 12.1 Å². The van der Waals surface area contributed by atoms with Crippen LogP contribution in [0.2, 0.25) is 0 Å². The number of carbonyl (C=O) groups is 2. The van der Waals surface area contributed by atoms with Gasteiger partial charge in [-0.15, -0.1) is 0 Å². The topological polar surface area (TPSA) is 63.6 Å². The highest BCUT2D eigenvalue weighted by atomic mass is 16.5. The quantitative estimate of drug-likeness (QED) is 0.642. The van der Waals surface area contributed by atoms with Crippen LogP contribution in [-0.2, 0) is 4.74 Å². The Balaban J connectivity index is 2.97. The highest BCUT2D eigenvalue weighted by Gasteiger charge is 2.19. The lowest BCUT2D eigenvalue weighted by Gasteiger charge is -2.13. The zero-order valence-electron chi connectivity index (χ0n) is 9.77. The Kier molecular flexibility index (Phi) is 4.04. The van der Waals surface area contributed by atoms with E-state index in [1.807, 2.05) is 0 Å². The van der Waals surface area contributed by atoms with Gasteiger partial charge in [-0.3, -0.25) is 0 Å². The van der Waals surface area contributed by atoms with Gasteiger partial charge in [0.05, 0.1) is 11.1 Å². The Hall–Kier alpha value is -2.10. The minimum Gasteiger partial charge on any atom is -0.478 e. The summed E-state index contributed by atoms with van der Waals surface area (Å²) in [6, 6.07) is 5.94. The van der Waals surface area contributed by atoms with E-state index in [0.29, 0.717) is 5.57 Å². The smallest absolute Gasteiger partial charge is 0.339 e. The van der Waals surface area contributed by atoms with Crippen LogP contribution >= 0.6 is 0 Å². The summed E-state index contributed by atoms with van der Waals surface area (Å²) in [5.41, 5.74) is 0.686. The van der Waals surface area contributed by atoms with Crippen LogP contribution in [0.5, 0.6) is 0 Å². The normalized spacial score (nSPS) is 11.6. The molecule has 4 heteroatoms. The first kappa shape index (κ1) is 13.0. The first-order valence-corrected chi connectivity index (χ1v) is 5.12. The fourth-order valence-corrected chi connectivity index (χ4v) is 1.17. The van der Waals surface area contributed by atoms with E-state index in [9.17, 15) is 9.59 Å². The minimum absolute atomic E-state index is 0.0492. The number of rotatable bonds is 4. The maximum atomic E-state index is 11.8. The van der Waals surface area contributed by atoms with E-state index in [1.54, 1.807) is 26.0 Å². The zero-order chi connectivity index (χ0) is 13.0. The number of hydrogen-bond acceptors (Lipinski definition) is 3. The molecule has 90 valence electrons. The highest BCUT2D eigenvalue weighted by Crippen LogP contribution is 2.13. The third kappa shape index (κ3) is 3.17. The van der Waals surface area contributed by atoms with Gasteiger partial charge in [-0.25, -0.2) is 9.59 Å². The van der Waals surface area contributed by atoms with Gasteiger partial charge < -0.3 is 9.84 Å². The highest BCUT2D eigenvalue weighted by molar-refractivity contribution is 6.02. The molecule has 0 aliphatic heterocycles. The second-order valence-electron chi connectivity index (χ2n) is 3.74. The summed E-state index contributed by atoms with van der Waals surface area (Å²) in [6.07, 6.45) is -0.440. The van der Waals surface area contributed by atoms with E-state index in [4.69, 9.17) is 9.84 Å². The van der Waals surface area contributed by atoms with Gasteiger partial charge in [-0.2, -0.15) is 0 Å². The molecule has 1 atom stereocenters. The molecule has 0 bridgehead atoms. The Labute approximate surface area is 99.5 Å². The molecular formula is C13H14O4. The predicted molar refractivity (Wildman–Crippen MR) is 63.1 cm³/mol. The summed E-state index contributed by atoms with van der Waals surface area (Å²) in [5, 5.41) is 8.93. The van der Waals surface area contributed by atoms with Gasteiger partial charge in [0.1, 0.15) is 6.10 Å². The lowest BCUT2D eigenvalue weighted by Crippen LogP contribution is -2.18. The molecule has 0 amide bonds. The number of benzene rings is 1. The Morgan fingerprint density at radius 3 is 2.29 bits per heavy atom. The Bertz CT molecular complexity index is 462. The first-order valence-electron chi connectivity index (χ1n) is 5.12. The summed E-state index contributed by atoms with van der Waals surface area (Å²) >= 11 is 0. The molecule has 0 saturated carbocycles. The average Bonchev–Trinajstić information content (AvgIpc) is 2.28. The van der Waals surface area contributed by atoms with Gasteiger partial charge in [-0.1, -0.05) is 18.7 Å². The molecule has 1 aromatic rings. The number of aromatic carboxylic acids is 1. The van der Waals surface area contributed by atoms with Gasteiger partial charge in [0.25, 0.3) is 0 Å².